The molecule has 0 radical (unpaired) electrons. The maximum Gasteiger partial charge on any atom is -0.0176 e. The topological polar surface area (TPSA) is 0 Å². The van der Waals surface area contributed by atoms with Gasteiger partial charge in [-0.1, -0.05) is 61.8 Å². The van der Waals surface area contributed by atoms with Gasteiger partial charge in [0.05, 0.1) is 0 Å². The van der Waals surface area contributed by atoms with E-state index >= 15 is 0 Å². The van der Waals surface area contributed by atoms with Crippen molar-refractivity contribution >= 4 is 9.24 Å². The van der Waals surface area contributed by atoms with E-state index in [0.717, 1.165) is 5.92 Å². The normalized spacial score (nSPS) is 18.9. The average Bonchev–Trinajstić information content (AvgIpc) is 1.97. The SMILES string of the molecule is CC(CC(C)(P)CCCC(C)(C)C)C(C)(C)C. The van der Waals surface area contributed by atoms with E-state index in [1.54, 1.807) is 0 Å². The van der Waals surface area contributed by atoms with E-state index in [0.29, 0.717) is 16.0 Å². The standard InChI is InChI=1S/C16H35P/c1-13(15(5,6)7)12-16(8,17)11-9-10-14(2,3)4/h13H,9-12,17H2,1-8H3. The van der Waals surface area contributed by atoms with Crippen LogP contribution >= 0.6 is 9.24 Å². The first-order chi connectivity index (χ1) is 7.33. The van der Waals surface area contributed by atoms with Gasteiger partial charge >= 0.3 is 0 Å². The average molecular weight is 258 g/mol. The number of rotatable bonds is 5. The van der Waals surface area contributed by atoms with Crippen LogP contribution in [0.2, 0.25) is 0 Å². The van der Waals surface area contributed by atoms with E-state index in [2.05, 4.69) is 64.6 Å². The zero-order valence-electron chi connectivity index (χ0n) is 13.5. The van der Waals surface area contributed by atoms with Gasteiger partial charge in [-0.2, -0.15) is 0 Å². The van der Waals surface area contributed by atoms with Gasteiger partial charge in [-0.05, 0) is 41.2 Å². The molecule has 0 fully saturated rings. The summed E-state index contributed by atoms with van der Waals surface area (Å²) < 4.78 is 0. The lowest BCUT2D eigenvalue weighted by molar-refractivity contribution is 0.221. The summed E-state index contributed by atoms with van der Waals surface area (Å²) in [5, 5.41) is 0.415. The quantitative estimate of drug-likeness (QED) is 0.538. The summed E-state index contributed by atoms with van der Waals surface area (Å²) in [4.78, 5) is 0. The van der Waals surface area contributed by atoms with E-state index < -0.39 is 0 Å². The molecular weight excluding hydrogens is 223 g/mol. The van der Waals surface area contributed by atoms with Crippen LogP contribution in [0.15, 0.2) is 0 Å². The van der Waals surface area contributed by atoms with Gasteiger partial charge in [-0.3, -0.25) is 0 Å². The smallest absolute Gasteiger partial charge is 0.0176 e. The fourth-order valence-electron chi connectivity index (χ4n) is 2.13. The Labute approximate surface area is 113 Å². The van der Waals surface area contributed by atoms with Gasteiger partial charge in [0.2, 0.25) is 0 Å². The Balaban J connectivity index is 4.13. The van der Waals surface area contributed by atoms with Crippen LogP contribution in [-0.2, 0) is 0 Å². The van der Waals surface area contributed by atoms with Crippen LogP contribution in [0.4, 0.5) is 0 Å². The van der Waals surface area contributed by atoms with Crippen molar-refractivity contribution in [2.45, 2.75) is 86.2 Å². The highest BCUT2D eigenvalue weighted by molar-refractivity contribution is 7.18. The highest BCUT2D eigenvalue weighted by atomic mass is 31.0. The lowest BCUT2D eigenvalue weighted by atomic mass is 9.76. The summed E-state index contributed by atoms with van der Waals surface area (Å²) in [7, 11) is 3.11. The van der Waals surface area contributed by atoms with E-state index in [1.165, 1.54) is 25.7 Å². The first-order valence-electron chi connectivity index (χ1n) is 7.12. The van der Waals surface area contributed by atoms with Gasteiger partial charge < -0.3 is 0 Å². The molecule has 0 rings (SSSR count). The highest BCUT2D eigenvalue weighted by Crippen LogP contribution is 2.39. The van der Waals surface area contributed by atoms with E-state index in [1.807, 2.05) is 0 Å². The largest absolute Gasteiger partial charge is 0.131 e. The Morgan fingerprint density at radius 3 is 1.71 bits per heavy atom. The summed E-state index contributed by atoms with van der Waals surface area (Å²) in [6.07, 6.45) is 5.32. The molecule has 104 valence electrons. The zero-order chi connectivity index (χ0) is 13.9. The van der Waals surface area contributed by atoms with Crippen molar-refractivity contribution in [1.82, 2.24) is 0 Å². The maximum atomic E-state index is 3.11. The van der Waals surface area contributed by atoms with Crippen molar-refractivity contribution in [3.8, 4) is 0 Å². The fourth-order valence-corrected chi connectivity index (χ4v) is 2.69. The fraction of sp³-hybridized carbons (Fsp3) is 1.00. The van der Waals surface area contributed by atoms with Gasteiger partial charge in [0.1, 0.15) is 0 Å². The molecule has 0 amide bonds. The minimum absolute atomic E-state index is 0.415. The Hall–Kier alpha value is 0.430. The third-order valence-electron chi connectivity index (χ3n) is 3.93. The number of hydrogen-bond acceptors (Lipinski definition) is 0. The van der Waals surface area contributed by atoms with Gasteiger partial charge in [-0.25, -0.2) is 0 Å². The molecule has 1 heteroatoms. The van der Waals surface area contributed by atoms with Crippen LogP contribution in [0, 0.1) is 16.7 Å². The van der Waals surface area contributed by atoms with Crippen molar-refractivity contribution in [2.75, 3.05) is 0 Å². The van der Waals surface area contributed by atoms with E-state index in [9.17, 15) is 0 Å². The van der Waals surface area contributed by atoms with Crippen LogP contribution in [0.1, 0.15) is 81.1 Å². The van der Waals surface area contributed by atoms with Crippen LogP contribution in [0.25, 0.3) is 0 Å². The lowest BCUT2D eigenvalue weighted by Gasteiger charge is -2.35. The molecular formula is C16H35P. The van der Waals surface area contributed by atoms with Crippen molar-refractivity contribution < 1.29 is 0 Å². The molecule has 0 aliphatic heterocycles. The highest BCUT2D eigenvalue weighted by Gasteiger charge is 2.28. The Bertz CT molecular complexity index is 215. The van der Waals surface area contributed by atoms with Gasteiger partial charge in [0, 0.05) is 0 Å². The van der Waals surface area contributed by atoms with Gasteiger partial charge in [-0.15, -0.1) is 9.24 Å². The molecule has 0 aromatic rings. The second kappa shape index (κ2) is 6.05. The molecule has 0 spiro atoms. The van der Waals surface area contributed by atoms with Crippen LogP contribution in [-0.4, -0.2) is 5.16 Å². The summed E-state index contributed by atoms with van der Waals surface area (Å²) >= 11 is 0. The van der Waals surface area contributed by atoms with E-state index in [4.69, 9.17) is 0 Å². The molecule has 0 aliphatic rings. The maximum absolute atomic E-state index is 3.11. The molecule has 0 nitrogen and oxygen atoms in total. The Morgan fingerprint density at radius 1 is 0.882 bits per heavy atom. The Kier molecular flexibility index (Phi) is 6.20. The third kappa shape index (κ3) is 9.06. The molecule has 0 bridgehead atoms. The molecule has 0 saturated carbocycles. The molecule has 3 atom stereocenters. The summed E-state index contributed by atoms with van der Waals surface area (Å²) in [6.45, 7) is 18.9. The van der Waals surface area contributed by atoms with Crippen molar-refractivity contribution in [1.29, 1.82) is 0 Å². The minimum Gasteiger partial charge on any atom is -0.131 e. The van der Waals surface area contributed by atoms with Gasteiger partial charge in [0.25, 0.3) is 0 Å². The van der Waals surface area contributed by atoms with E-state index in [-0.39, 0.29) is 0 Å². The monoisotopic (exact) mass is 258 g/mol. The Morgan fingerprint density at radius 2 is 1.35 bits per heavy atom. The minimum atomic E-state index is 0.415. The molecule has 0 saturated heterocycles. The third-order valence-corrected chi connectivity index (χ3v) is 4.45. The van der Waals surface area contributed by atoms with Crippen LogP contribution in [0.5, 0.6) is 0 Å². The molecule has 0 aromatic heterocycles. The van der Waals surface area contributed by atoms with Gasteiger partial charge in [0.15, 0.2) is 0 Å². The summed E-state index contributed by atoms with van der Waals surface area (Å²) in [6, 6.07) is 0. The molecule has 17 heavy (non-hydrogen) atoms. The summed E-state index contributed by atoms with van der Waals surface area (Å²) in [5.74, 6) is 0.777. The van der Waals surface area contributed by atoms with Crippen LogP contribution < -0.4 is 0 Å². The lowest BCUT2D eigenvalue weighted by Crippen LogP contribution is -2.27. The van der Waals surface area contributed by atoms with Crippen molar-refractivity contribution in [2.24, 2.45) is 16.7 Å². The second-order valence-electron chi connectivity index (χ2n) is 8.54. The molecule has 0 heterocycles. The van der Waals surface area contributed by atoms with Crippen molar-refractivity contribution in [3.63, 3.8) is 0 Å². The second-order valence-corrected chi connectivity index (χ2v) is 9.93. The van der Waals surface area contributed by atoms with Crippen molar-refractivity contribution in [3.05, 3.63) is 0 Å². The number of hydrogen-bond donors (Lipinski definition) is 0. The molecule has 0 aliphatic carbocycles. The first-order valence-corrected chi connectivity index (χ1v) is 7.70. The molecule has 0 aromatic carbocycles. The molecule has 3 unspecified atom stereocenters. The van der Waals surface area contributed by atoms with Crippen LogP contribution in [0.3, 0.4) is 0 Å². The summed E-state index contributed by atoms with van der Waals surface area (Å²) in [5.41, 5.74) is 0.915. The first kappa shape index (κ1) is 17.4. The molecule has 0 N–H and O–H groups in total. The predicted molar refractivity (Wildman–Crippen MR) is 84.7 cm³/mol. The predicted octanol–water partition coefficient (Wildman–Crippen LogP) is 5.91. The zero-order valence-corrected chi connectivity index (χ0v) is 14.6.